The van der Waals surface area contributed by atoms with Gasteiger partial charge in [0.1, 0.15) is 5.82 Å². The third-order valence-corrected chi connectivity index (χ3v) is 3.16. The molecule has 0 saturated heterocycles. The molecular weight excluding hydrogens is 188 g/mol. The number of pyridine rings is 1. The second-order valence-corrected chi connectivity index (χ2v) is 4.31. The van der Waals surface area contributed by atoms with Gasteiger partial charge in [0.05, 0.1) is 6.10 Å². The van der Waals surface area contributed by atoms with E-state index in [0.717, 1.165) is 37.2 Å². The molecule has 1 saturated carbocycles. The summed E-state index contributed by atoms with van der Waals surface area (Å²) in [5, 5.41) is 13.0. The molecule has 1 heterocycles. The molecule has 3 heteroatoms. The van der Waals surface area contributed by atoms with E-state index in [4.69, 9.17) is 0 Å². The zero-order chi connectivity index (χ0) is 10.7. The third kappa shape index (κ3) is 2.48. The van der Waals surface area contributed by atoms with E-state index < -0.39 is 0 Å². The Hall–Kier alpha value is -1.09. The molecule has 82 valence electrons. The first kappa shape index (κ1) is 10.4. The Balaban J connectivity index is 1.90. The van der Waals surface area contributed by atoms with Crippen molar-refractivity contribution in [2.24, 2.45) is 5.92 Å². The van der Waals surface area contributed by atoms with Crippen LogP contribution in [0.5, 0.6) is 0 Å². The molecule has 1 fully saturated rings. The lowest BCUT2D eigenvalue weighted by molar-refractivity contribution is 0.138. The third-order valence-electron chi connectivity index (χ3n) is 3.16. The van der Waals surface area contributed by atoms with Crippen LogP contribution in [-0.2, 0) is 0 Å². The van der Waals surface area contributed by atoms with Crippen LogP contribution in [0.1, 0.15) is 24.8 Å². The predicted molar refractivity (Wildman–Crippen MR) is 60.8 cm³/mol. The zero-order valence-corrected chi connectivity index (χ0v) is 9.11. The van der Waals surface area contributed by atoms with Gasteiger partial charge in [-0.25, -0.2) is 4.98 Å². The lowest BCUT2D eigenvalue weighted by Crippen LogP contribution is -2.22. The van der Waals surface area contributed by atoms with Crippen molar-refractivity contribution in [1.82, 2.24) is 4.98 Å². The van der Waals surface area contributed by atoms with Crippen LogP contribution in [0.15, 0.2) is 18.3 Å². The quantitative estimate of drug-likeness (QED) is 0.794. The Kier molecular flexibility index (Phi) is 3.21. The van der Waals surface area contributed by atoms with Crippen LogP contribution in [0.4, 0.5) is 5.82 Å². The maximum Gasteiger partial charge on any atom is 0.128 e. The number of nitrogens with zero attached hydrogens (tertiary/aromatic N) is 1. The number of rotatable bonds is 3. The van der Waals surface area contributed by atoms with Gasteiger partial charge >= 0.3 is 0 Å². The molecule has 0 aromatic carbocycles. The van der Waals surface area contributed by atoms with Crippen molar-refractivity contribution < 1.29 is 5.11 Å². The summed E-state index contributed by atoms with van der Waals surface area (Å²) in [6.07, 6.45) is 4.89. The maximum atomic E-state index is 9.68. The summed E-state index contributed by atoms with van der Waals surface area (Å²) in [5.41, 5.74) is 1.16. The smallest absolute Gasteiger partial charge is 0.128 e. The fourth-order valence-corrected chi connectivity index (χ4v) is 2.15. The van der Waals surface area contributed by atoms with Gasteiger partial charge in [0, 0.05) is 18.7 Å². The molecule has 2 rings (SSSR count). The highest BCUT2D eigenvalue weighted by molar-refractivity contribution is 5.42. The van der Waals surface area contributed by atoms with Crippen molar-refractivity contribution >= 4 is 5.82 Å². The Morgan fingerprint density at radius 3 is 3.07 bits per heavy atom. The monoisotopic (exact) mass is 206 g/mol. The largest absolute Gasteiger partial charge is 0.393 e. The van der Waals surface area contributed by atoms with Crippen LogP contribution in [0, 0.1) is 12.8 Å². The molecule has 2 atom stereocenters. The summed E-state index contributed by atoms with van der Waals surface area (Å²) >= 11 is 0. The van der Waals surface area contributed by atoms with Gasteiger partial charge in [-0.15, -0.1) is 0 Å². The molecule has 3 nitrogen and oxygen atoms in total. The lowest BCUT2D eigenvalue weighted by Gasteiger charge is -2.16. The van der Waals surface area contributed by atoms with Gasteiger partial charge in [0.2, 0.25) is 0 Å². The van der Waals surface area contributed by atoms with Gasteiger partial charge in [-0.05, 0) is 31.4 Å². The van der Waals surface area contributed by atoms with Crippen LogP contribution in [0.2, 0.25) is 0 Å². The van der Waals surface area contributed by atoms with Crippen LogP contribution in [0.3, 0.4) is 0 Å². The minimum absolute atomic E-state index is 0.124. The van der Waals surface area contributed by atoms with E-state index >= 15 is 0 Å². The molecule has 1 aliphatic rings. The van der Waals surface area contributed by atoms with E-state index in [2.05, 4.69) is 10.3 Å². The van der Waals surface area contributed by atoms with E-state index in [9.17, 15) is 5.11 Å². The number of anilines is 1. The fraction of sp³-hybridized carbons (Fsp3) is 0.583. The second kappa shape index (κ2) is 4.62. The number of hydrogen-bond donors (Lipinski definition) is 2. The molecule has 0 aliphatic heterocycles. The van der Waals surface area contributed by atoms with Crippen LogP contribution in [0.25, 0.3) is 0 Å². The van der Waals surface area contributed by atoms with Crippen molar-refractivity contribution in [2.45, 2.75) is 32.3 Å². The maximum absolute atomic E-state index is 9.68. The van der Waals surface area contributed by atoms with Gasteiger partial charge < -0.3 is 10.4 Å². The molecular formula is C12H18N2O. The van der Waals surface area contributed by atoms with Crippen LogP contribution in [-0.4, -0.2) is 22.7 Å². The van der Waals surface area contributed by atoms with Gasteiger partial charge in [0.15, 0.2) is 0 Å². The highest BCUT2D eigenvalue weighted by Gasteiger charge is 2.24. The average Bonchev–Trinajstić information content (AvgIpc) is 2.63. The fourth-order valence-electron chi connectivity index (χ4n) is 2.15. The average molecular weight is 206 g/mol. The minimum Gasteiger partial charge on any atom is -0.393 e. The molecule has 1 aromatic rings. The molecule has 2 unspecified atom stereocenters. The summed E-state index contributed by atoms with van der Waals surface area (Å²) in [5.74, 6) is 1.34. The van der Waals surface area contributed by atoms with E-state index in [0.29, 0.717) is 5.92 Å². The Labute approximate surface area is 90.5 Å². The molecule has 1 aliphatic carbocycles. The van der Waals surface area contributed by atoms with Crippen LogP contribution >= 0.6 is 0 Å². The Morgan fingerprint density at radius 1 is 1.53 bits per heavy atom. The Bertz CT molecular complexity index is 327. The summed E-state index contributed by atoms with van der Waals surface area (Å²) in [7, 11) is 0. The van der Waals surface area contributed by atoms with Gasteiger partial charge in [-0.2, -0.15) is 0 Å². The predicted octanol–water partition coefficient (Wildman–Crippen LogP) is 1.96. The highest BCUT2D eigenvalue weighted by Crippen LogP contribution is 2.25. The number of aliphatic hydroxyl groups is 1. The van der Waals surface area contributed by atoms with Gasteiger partial charge in [-0.3, -0.25) is 0 Å². The van der Waals surface area contributed by atoms with Crippen molar-refractivity contribution in [3.8, 4) is 0 Å². The van der Waals surface area contributed by atoms with Crippen molar-refractivity contribution in [3.05, 3.63) is 23.9 Å². The molecule has 0 spiro atoms. The zero-order valence-electron chi connectivity index (χ0n) is 9.11. The lowest BCUT2D eigenvalue weighted by atomic mass is 10.1. The van der Waals surface area contributed by atoms with Gasteiger partial charge in [0.25, 0.3) is 0 Å². The van der Waals surface area contributed by atoms with E-state index in [1.165, 1.54) is 0 Å². The second-order valence-electron chi connectivity index (χ2n) is 4.31. The summed E-state index contributed by atoms with van der Waals surface area (Å²) < 4.78 is 0. The first-order valence-corrected chi connectivity index (χ1v) is 5.61. The first-order chi connectivity index (χ1) is 7.27. The number of aliphatic hydroxyl groups excluding tert-OH is 1. The summed E-state index contributed by atoms with van der Waals surface area (Å²) in [6, 6.07) is 3.98. The van der Waals surface area contributed by atoms with E-state index in [1.54, 1.807) is 6.20 Å². The molecule has 0 amide bonds. The molecule has 2 N–H and O–H groups in total. The number of hydrogen-bond acceptors (Lipinski definition) is 3. The number of nitrogens with one attached hydrogen (secondary N) is 1. The van der Waals surface area contributed by atoms with E-state index in [-0.39, 0.29) is 6.10 Å². The molecule has 0 radical (unpaired) electrons. The van der Waals surface area contributed by atoms with Crippen molar-refractivity contribution in [1.29, 1.82) is 0 Å². The molecule has 1 aromatic heterocycles. The topological polar surface area (TPSA) is 45.2 Å². The summed E-state index contributed by atoms with van der Waals surface area (Å²) in [4.78, 5) is 4.27. The van der Waals surface area contributed by atoms with Crippen molar-refractivity contribution in [3.63, 3.8) is 0 Å². The molecule has 0 bridgehead atoms. The van der Waals surface area contributed by atoms with Crippen LogP contribution < -0.4 is 5.32 Å². The van der Waals surface area contributed by atoms with Gasteiger partial charge in [-0.1, -0.05) is 12.5 Å². The SMILES string of the molecule is Cc1cccnc1NCC1CCCC1O. The Morgan fingerprint density at radius 2 is 2.40 bits per heavy atom. The normalized spacial score (nSPS) is 25.5. The first-order valence-electron chi connectivity index (χ1n) is 5.61. The summed E-state index contributed by atoms with van der Waals surface area (Å²) in [6.45, 7) is 2.87. The number of aromatic nitrogens is 1. The standard InChI is InChI=1S/C12H18N2O/c1-9-4-3-7-13-12(9)14-8-10-5-2-6-11(10)15/h3-4,7,10-11,15H,2,5-6,8H2,1H3,(H,13,14). The number of aryl methyl sites for hydroxylation is 1. The highest BCUT2D eigenvalue weighted by atomic mass is 16.3. The van der Waals surface area contributed by atoms with Crippen molar-refractivity contribution in [2.75, 3.05) is 11.9 Å². The minimum atomic E-state index is -0.124. The van der Waals surface area contributed by atoms with E-state index in [1.807, 2.05) is 19.1 Å². The molecule has 15 heavy (non-hydrogen) atoms.